The first-order chi connectivity index (χ1) is 29.6. The molecule has 0 radical (unpaired) electrons. The molecule has 0 aromatic heterocycles. The molecule has 0 aliphatic heterocycles. The minimum Gasteiger partial charge on any atom is -0.311 e. The van der Waals surface area contributed by atoms with Crippen LogP contribution >= 0.6 is 0 Å². The summed E-state index contributed by atoms with van der Waals surface area (Å²) in [6.45, 7) is 4.22. The van der Waals surface area contributed by atoms with Gasteiger partial charge in [-0.3, -0.25) is 0 Å². The van der Waals surface area contributed by atoms with Crippen LogP contribution in [0.2, 0.25) is 0 Å². The van der Waals surface area contributed by atoms with E-state index in [1.165, 1.54) is 22.3 Å². The van der Waals surface area contributed by atoms with Crippen LogP contribution in [0.1, 0.15) is 33.4 Å². The highest BCUT2D eigenvalue weighted by atomic mass is 15.1. The Morgan fingerprint density at radius 1 is 0.250 bits per heavy atom. The SMILES string of the molecule is Cc1ccc(C=CC=Cc2ccc(N(c3ccccc3)c3ccc(-c4ccc(N(c5ccccc5)c5ccc(C=CC=Cc6ccc(C)cc6)cc5)cc4)cc3)cc2)cc1. The summed E-state index contributed by atoms with van der Waals surface area (Å²) in [5, 5.41) is 0. The van der Waals surface area contributed by atoms with E-state index >= 15 is 0 Å². The van der Waals surface area contributed by atoms with E-state index in [2.05, 4.69) is 279 Å². The summed E-state index contributed by atoms with van der Waals surface area (Å²) in [6, 6.07) is 73.4. The summed E-state index contributed by atoms with van der Waals surface area (Å²) in [5.41, 5.74) is 16.2. The van der Waals surface area contributed by atoms with Crippen molar-refractivity contribution < 1.29 is 0 Å². The number of hydrogen-bond donors (Lipinski definition) is 0. The molecule has 0 N–H and O–H groups in total. The molecular weight excluding hydrogens is 725 g/mol. The van der Waals surface area contributed by atoms with Gasteiger partial charge in [0.05, 0.1) is 0 Å². The second kappa shape index (κ2) is 19.2. The van der Waals surface area contributed by atoms with Gasteiger partial charge in [-0.05, 0) is 120 Å². The highest BCUT2D eigenvalue weighted by Gasteiger charge is 2.14. The molecule has 0 spiro atoms. The van der Waals surface area contributed by atoms with Crippen LogP contribution in [-0.4, -0.2) is 0 Å². The first-order valence-corrected chi connectivity index (χ1v) is 20.5. The second-order valence-corrected chi connectivity index (χ2v) is 14.9. The van der Waals surface area contributed by atoms with Crippen molar-refractivity contribution in [1.29, 1.82) is 0 Å². The third-order valence-corrected chi connectivity index (χ3v) is 10.4. The number of allylic oxidation sites excluding steroid dienone is 4. The summed E-state index contributed by atoms with van der Waals surface area (Å²) in [6.07, 6.45) is 16.9. The predicted molar refractivity (Wildman–Crippen MR) is 260 cm³/mol. The topological polar surface area (TPSA) is 6.48 Å². The molecule has 2 nitrogen and oxygen atoms in total. The summed E-state index contributed by atoms with van der Waals surface area (Å²) in [4.78, 5) is 4.61. The van der Waals surface area contributed by atoms with E-state index in [-0.39, 0.29) is 0 Å². The lowest BCUT2D eigenvalue weighted by molar-refractivity contribution is 1.28. The van der Waals surface area contributed by atoms with Crippen LogP contribution in [0.5, 0.6) is 0 Å². The van der Waals surface area contributed by atoms with Crippen LogP contribution in [0.4, 0.5) is 34.1 Å². The average Bonchev–Trinajstić information content (AvgIpc) is 3.30. The fourth-order valence-corrected chi connectivity index (χ4v) is 7.15. The Morgan fingerprint density at radius 3 is 0.767 bits per heavy atom. The van der Waals surface area contributed by atoms with Crippen LogP contribution in [0, 0.1) is 13.8 Å². The van der Waals surface area contributed by atoms with Crippen molar-refractivity contribution in [2.45, 2.75) is 13.8 Å². The average molecular weight is 773 g/mol. The van der Waals surface area contributed by atoms with Crippen LogP contribution in [0.3, 0.4) is 0 Å². The Hall–Kier alpha value is -7.68. The van der Waals surface area contributed by atoms with E-state index in [0.717, 1.165) is 56.4 Å². The molecule has 8 aromatic rings. The third-order valence-electron chi connectivity index (χ3n) is 10.4. The van der Waals surface area contributed by atoms with E-state index in [1.807, 2.05) is 0 Å². The number of hydrogen-bond acceptors (Lipinski definition) is 2. The van der Waals surface area contributed by atoms with Gasteiger partial charge < -0.3 is 9.80 Å². The molecule has 290 valence electrons. The maximum atomic E-state index is 2.30. The molecule has 0 aliphatic carbocycles. The number of para-hydroxylation sites is 2. The molecule has 8 rings (SSSR count). The normalized spacial score (nSPS) is 11.6. The van der Waals surface area contributed by atoms with Gasteiger partial charge >= 0.3 is 0 Å². The molecule has 0 amide bonds. The molecule has 60 heavy (non-hydrogen) atoms. The van der Waals surface area contributed by atoms with Crippen LogP contribution in [0.25, 0.3) is 35.4 Å². The highest BCUT2D eigenvalue weighted by molar-refractivity contribution is 5.81. The smallest absolute Gasteiger partial charge is 0.0462 e. The number of nitrogens with zero attached hydrogens (tertiary/aromatic N) is 2. The number of aryl methyl sites for hydroxylation is 2. The molecule has 2 heteroatoms. The lowest BCUT2D eigenvalue weighted by Crippen LogP contribution is -2.10. The molecule has 8 aromatic carbocycles. The van der Waals surface area contributed by atoms with E-state index in [1.54, 1.807) is 0 Å². The summed E-state index contributed by atoms with van der Waals surface area (Å²) >= 11 is 0. The number of anilines is 6. The van der Waals surface area contributed by atoms with E-state index in [4.69, 9.17) is 0 Å². The molecule has 0 atom stereocenters. The lowest BCUT2D eigenvalue weighted by atomic mass is 10.0. The van der Waals surface area contributed by atoms with Crippen LogP contribution in [-0.2, 0) is 0 Å². The Kier molecular flexibility index (Phi) is 12.5. The Balaban J connectivity index is 0.984. The van der Waals surface area contributed by atoms with E-state index < -0.39 is 0 Å². The lowest BCUT2D eigenvalue weighted by Gasteiger charge is -2.26. The monoisotopic (exact) mass is 772 g/mol. The number of rotatable bonds is 13. The molecular formula is C58H48N2. The largest absolute Gasteiger partial charge is 0.311 e. The van der Waals surface area contributed by atoms with Crippen molar-refractivity contribution in [3.63, 3.8) is 0 Å². The van der Waals surface area contributed by atoms with E-state index in [9.17, 15) is 0 Å². The fourth-order valence-electron chi connectivity index (χ4n) is 7.15. The Labute approximate surface area is 355 Å². The molecule has 0 unspecified atom stereocenters. The third kappa shape index (κ3) is 10.1. The van der Waals surface area contributed by atoms with Crippen LogP contribution in [0.15, 0.2) is 231 Å². The van der Waals surface area contributed by atoms with Crippen molar-refractivity contribution in [3.05, 3.63) is 264 Å². The van der Waals surface area contributed by atoms with Crippen molar-refractivity contribution in [1.82, 2.24) is 0 Å². The standard InChI is InChI=1S/C58H48N2/c1-45-21-25-47(26-22-45)13-9-11-15-49-29-37-55(38-30-49)59(53-17-5-3-6-18-53)57-41-33-51(34-42-57)52-35-43-58(44-36-52)60(54-19-7-4-8-20-54)56-39-31-50(32-40-56)16-12-10-14-48-27-23-46(2)24-28-48/h3-44H,1-2H3. The first kappa shape index (κ1) is 39.2. The zero-order chi connectivity index (χ0) is 40.9. The Bertz CT molecular complexity index is 2490. The van der Waals surface area contributed by atoms with Gasteiger partial charge in [-0.25, -0.2) is 0 Å². The Morgan fingerprint density at radius 2 is 0.483 bits per heavy atom. The van der Waals surface area contributed by atoms with Gasteiger partial charge in [0.1, 0.15) is 0 Å². The van der Waals surface area contributed by atoms with E-state index in [0.29, 0.717) is 0 Å². The van der Waals surface area contributed by atoms with Gasteiger partial charge in [0.15, 0.2) is 0 Å². The minimum atomic E-state index is 1.10. The van der Waals surface area contributed by atoms with Gasteiger partial charge in [-0.1, -0.05) is 193 Å². The van der Waals surface area contributed by atoms with Gasteiger partial charge in [-0.2, -0.15) is 0 Å². The zero-order valence-electron chi connectivity index (χ0n) is 34.1. The maximum absolute atomic E-state index is 2.30. The van der Waals surface area contributed by atoms with Crippen molar-refractivity contribution >= 4 is 58.4 Å². The fraction of sp³-hybridized carbons (Fsp3) is 0.0345. The van der Waals surface area contributed by atoms with Crippen molar-refractivity contribution in [2.75, 3.05) is 9.80 Å². The summed E-state index contributed by atoms with van der Waals surface area (Å²) in [7, 11) is 0. The summed E-state index contributed by atoms with van der Waals surface area (Å²) < 4.78 is 0. The molecule has 0 bridgehead atoms. The molecule has 0 aliphatic rings. The van der Waals surface area contributed by atoms with Gasteiger partial charge in [0, 0.05) is 34.1 Å². The van der Waals surface area contributed by atoms with Gasteiger partial charge in [-0.15, -0.1) is 0 Å². The maximum Gasteiger partial charge on any atom is 0.0462 e. The van der Waals surface area contributed by atoms with Gasteiger partial charge in [0.25, 0.3) is 0 Å². The first-order valence-electron chi connectivity index (χ1n) is 20.5. The summed E-state index contributed by atoms with van der Waals surface area (Å²) in [5.74, 6) is 0. The molecule has 0 saturated heterocycles. The quantitative estimate of drug-likeness (QED) is 0.108. The molecule has 0 fully saturated rings. The van der Waals surface area contributed by atoms with Gasteiger partial charge in [0.2, 0.25) is 0 Å². The zero-order valence-corrected chi connectivity index (χ0v) is 34.1. The van der Waals surface area contributed by atoms with Crippen molar-refractivity contribution in [3.8, 4) is 11.1 Å². The predicted octanol–water partition coefficient (Wildman–Crippen LogP) is 16.4. The number of benzene rings is 8. The highest BCUT2D eigenvalue weighted by Crippen LogP contribution is 2.38. The molecule has 0 heterocycles. The van der Waals surface area contributed by atoms with Crippen molar-refractivity contribution in [2.24, 2.45) is 0 Å². The van der Waals surface area contributed by atoms with Crippen LogP contribution < -0.4 is 9.80 Å². The minimum absolute atomic E-state index is 1.10. The molecule has 0 saturated carbocycles. The second-order valence-electron chi connectivity index (χ2n) is 14.9.